The van der Waals surface area contributed by atoms with Crippen LogP contribution in [-0.4, -0.2) is 20.4 Å². The molecule has 37 heavy (non-hydrogen) atoms. The zero-order chi connectivity index (χ0) is 26.8. The Kier molecular flexibility index (Phi) is 8.40. The maximum absolute atomic E-state index is 14.0. The van der Waals surface area contributed by atoms with Crippen molar-refractivity contribution in [3.8, 4) is 0 Å². The maximum atomic E-state index is 14.0. The highest BCUT2D eigenvalue weighted by Crippen LogP contribution is 2.55. The van der Waals surface area contributed by atoms with Gasteiger partial charge in [0.2, 0.25) is 0 Å². The Labute approximate surface area is 226 Å². The Morgan fingerprint density at radius 2 is 1.62 bits per heavy atom. The van der Waals surface area contributed by atoms with Crippen LogP contribution in [0.3, 0.4) is 0 Å². The van der Waals surface area contributed by atoms with Gasteiger partial charge in [-0.3, -0.25) is 4.79 Å². The molecule has 2 aliphatic rings. The first-order valence-corrected chi connectivity index (χ1v) is 17.3. The monoisotopic (exact) mass is 520 g/mol. The molecule has 0 saturated heterocycles. The molecule has 2 aliphatic carbocycles. The van der Waals surface area contributed by atoms with E-state index in [1.54, 1.807) is 0 Å². The third kappa shape index (κ3) is 6.06. The van der Waals surface area contributed by atoms with Gasteiger partial charge in [0, 0.05) is 0 Å². The highest BCUT2D eigenvalue weighted by atomic mass is 28.4. The van der Waals surface area contributed by atoms with Crippen LogP contribution >= 0.6 is 0 Å². The van der Waals surface area contributed by atoms with E-state index in [1.165, 1.54) is 12.0 Å². The van der Waals surface area contributed by atoms with E-state index in [9.17, 15) is 4.79 Å². The Balaban J connectivity index is 1.55. The Bertz CT molecular complexity index is 1030. The fraction of sp³-hybridized carbons (Fsp3) is 0.606. The quantitative estimate of drug-likeness (QED) is 0.258. The number of hydrogen-bond acceptors (Lipinski definition) is 3. The van der Waals surface area contributed by atoms with Crippen LogP contribution in [0.4, 0.5) is 0 Å². The second kappa shape index (κ2) is 11.1. The molecule has 4 heteroatoms. The van der Waals surface area contributed by atoms with Crippen molar-refractivity contribution in [3.63, 3.8) is 0 Å². The van der Waals surface area contributed by atoms with Crippen LogP contribution in [-0.2, 0) is 26.0 Å². The molecule has 1 unspecified atom stereocenters. The van der Waals surface area contributed by atoms with E-state index < -0.39 is 13.9 Å². The minimum Gasteiger partial charge on any atom is -0.462 e. The topological polar surface area (TPSA) is 35.5 Å². The molecule has 202 valence electrons. The van der Waals surface area contributed by atoms with Crippen molar-refractivity contribution in [1.29, 1.82) is 0 Å². The van der Waals surface area contributed by atoms with Gasteiger partial charge in [-0.1, -0.05) is 102 Å². The van der Waals surface area contributed by atoms with Gasteiger partial charge in [-0.15, -0.1) is 0 Å². The molecule has 2 fully saturated rings. The normalized spacial score (nSPS) is 29.3. The first-order chi connectivity index (χ1) is 17.4. The van der Waals surface area contributed by atoms with Crippen LogP contribution in [0.1, 0.15) is 77.8 Å². The second-order valence-electron chi connectivity index (χ2n) is 13.4. The summed E-state index contributed by atoms with van der Waals surface area (Å²) in [6.07, 6.45) is 6.01. The fourth-order valence-corrected chi connectivity index (χ4v) is 7.80. The average molecular weight is 521 g/mol. The zero-order valence-corrected chi connectivity index (χ0v) is 25.1. The first kappa shape index (κ1) is 28.1. The number of benzene rings is 2. The summed E-state index contributed by atoms with van der Waals surface area (Å²) in [5, 5.41) is 0.0651. The summed E-state index contributed by atoms with van der Waals surface area (Å²) >= 11 is 0. The Hall–Kier alpha value is -1.91. The number of esters is 1. The number of rotatable bonds is 8. The van der Waals surface area contributed by atoms with Gasteiger partial charge in [0.15, 0.2) is 8.32 Å². The van der Waals surface area contributed by atoms with Gasteiger partial charge in [-0.25, -0.2) is 0 Å². The lowest BCUT2D eigenvalue weighted by Crippen LogP contribution is -2.58. The molecule has 3 nitrogen and oxygen atoms in total. The molecule has 0 spiro atoms. The molecule has 0 heterocycles. The minimum absolute atomic E-state index is 0.0168. The van der Waals surface area contributed by atoms with E-state index >= 15 is 0 Å². The van der Waals surface area contributed by atoms with Crippen LogP contribution in [0.2, 0.25) is 18.1 Å². The van der Waals surface area contributed by atoms with Crippen molar-refractivity contribution < 1.29 is 14.0 Å². The highest BCUT2D eigenvalue weighted by molar-refractivity contribution is 6.74. The van der Waals surface area contributed by atoms with Gasteiger partial charge in [0.05, 0.1) is 11.5 Å². The summed E-state index contributed by atoms with van der Waals surface area (Å²) in [6, 6.07) is 21.2. The van der Waals surface area contributed by atoms with Crippen LogP contribution in [0, 0.1) is 23.7 Å². The molecule has 0 radical (unpaired) electrons. The Morgan fingerprint density at radius 3 is 2.19 bits per heavy atom. The molecule has 2 aromatic rings. The lowest BCUT2D eigenvalue weighted by molar-refractivity contribution is -0.183. The van der Waals surface area contributed by atoms with Gasteiger partial charge in [-0.2, -0.15) is 0 Å². The third-order valence-electron chi connectivity index (χ3n) is 9.66. The summed E-state index contributed by atoms with van der Waals surface area (Å²) in [4.78, 5) is 14.0. The first-order valence-electron chi connectivity index (χ1n) is 14.4. The number of carbonyl (C=O) groups is 1. The third-order valence-corrected chi connectivity index (χ3v) is 14.1. The van der Waals surface area contributed by atoms with Crippen molar-refractivity contribution in [2.24, 2.45) is 23.7 Å². The van der Waals surface area contributed by atoms with Crippen molar-refractivity contribution in [1.82, 2.24) is 0 Å². The molecule has 2 aromatic carbocycles. The van der Waals surface area contributed by atoms with E-state index in [1.807, 2.05) is 6.07 Å². The zero-order valence-electron chi connectivity index (χ0n) is 24.1. The molecule has 0 N–H and O–H groups in total. The van der Waals surface area contributed by atoms with Crippen molar-refractivity contribution in [2.45, 2.75) is 103 Å². The summed E-state index contributed by atoms with van der Waals surface area (Å²) in [7, 11) is -2.13. The lowest BCUT2D eigenvalue weighted by atomic mass is 9.65. The van der Waals surface area contributed by atoms with Gasteiger partial charge in [-0.05, 0) is 79.1 Å². The molecular formula is C33H48O3Si. The van der Waals surface area contributed by atoms with E-state index in [2.05, 4.69) is 102 Å². The van der Waals surface area contributed by atoms with Crippen molar-refractivity contribution in [2.75, 3.05) is 0 Å². The lowest BCUT2D eigenvalue weighted by Gasteiger charge is -2.54. The molecule has 0 bridgehead atoms. The molecule has 0 aromatic heterocycles. The number of hydrogen-bond donors (Lipinski definition) is 0. The molecule has 2 saturated carbocycles. The summed E-state index contributed by atoms with van der Waals surface area (Å²) in [6.45, 7) is 16.0. The van der Waals surface area contributed by atoms with Gasteiger partial charge < -0.3 is 9.16 Å². The van der Waals surface area contributed by atoms with E-state index in [0.29, 0.717) is 17.8 Å². The summed E-state index contributed by atoms with van der Waals surface area (Å²) < 4.78 is 13.7. The fourth-order valence-electron chi connectivity index (χ4n) is 6.22. The van der Waals surface area contributed by atoms with Crippen LogP contribution in [0.25, 0.3) is 0 Å². The molecule has 0 amide bonds. The Morgan fingerprint density at radius 1 is 1.00 bits per heavy atom. The number of ether oxygens (including phenoxy) is 1. The highest BCUT2D eigenvalue weighted by Gasteiger charge is 2.58. The maximum Gasteiger partial charge on any atom is 0.312 e. The van der Waals surface area contributed by atoms with Crippen LogP contribution in [0.15, 0.2) is 60.7 Å². The minimum atomic E-state index is -2.13. The van der Waals surface area contributed by atoms with Crippen LogP contribution < -0.4 is 0 Å². The standard InChI is InChI=1S/C33H48O3Si/c1-24-18-19-28(25(2)23-26-14-10-8-11-15-26)30(22-24)35-31(34)29-20-21-33(29,27-16-12-9-13-17-27)36-37(6,7)32(3,4)5/h8-17,24-25,28-30H,18-23H2,1-7H3/t24-,25?,28+,29+,30-,33-/m1/s1. The van der Waals surface area contributed by atoms with Gasteiger partial charge in [0.1, 0.15) is 6.10 Å². The van der Waals surface area contributed by atoms with Crippen molar-refractivity contribution in [3.05, 3.63) is 71.8 Å². The predicted molar refractivity (Wildman–Crippen MR) is 155 cm³/mol. The second-order valence-corrected chi connectivity index (χ2v) is 18.2. The number of carbonyl (C=O) groups excluding carboxylic acids is 1. The van der Waals surface area contributed by atoms with Crippen LogP contribution in [0.5, 0.6) is 0 Å². The molecule has 0 aliphatic heterocycles. The molecule has 6 atom stereocenters. The van der Waals surface area contributed by atoms with E-state index in [-0.39, 0.29) is 23.0 Å². The predicted octanol–water partition coefficient (Wildman–Crippen LogP) is 8.54. The molecule has 4 rings (SSSR count). The van der Waals surface area contributed by atoms with Crippen molar-refractivity contribution >= 4 is 14.3 Å². The van der Waals surface area contributed by atoms with Gasteiger partial charge in [0.25, 0.3) is 0 Å². The van der Waals surface area contributed by atoms with E-state index in [0.717, 1.165) is 37.7 Å². The smallest absolute Gasteiger partial charge is 0.312 e. The SMILES string of the molecule is CC(Cc1ccccc1)[C@@H]1CC[C@@H](C)C[C@H]1OC(=O)[C@@H]1CC[C@@]1(O[Si](C)(C)C(C)(C)C)c1ccccc1. The summed E-state index contributed by atoms with van der Waals surface area (Å²) in [5.74, 6) is 1.15. The van der Waals surface area contributed by atoms with E-state index in [4.69, 9.17) is 9.16 Å². The molecular weight excluding hydrogens is 472 g/mol. The largest absolute Gasteiger partial charge is 0.462 e. The van der Waals surface area contributed by atoms with Gasteiger partial charge >= 0.3 is 5.97 Å². The average Bonchev–Trinajstić information content (AvgIpc) is 2.82. The summed E-state index contributed by atoms with van der Waals surface area (Å²) in [5.41, 5.74) is 1.91.